The standard InChI is InChI=1S/C25H26Cl2N4O3S/c1-4-12-33-23(32)21-15(3)28-24-29-25(35-5-2)30-31(24)22(21)16-7-10-19(11-8-16)34-14-17-6-9-18(26)13-20(17)27/h6-11,13,22H,4-5,12,14H2,1-3H3,(H,28,29,30). The molecule has 0 amide bonds. The Morgan fingerprint density at radius 3 is 2.63 bits per heavy atom. The smallest absolute Gasteiger partial charge is 0.338 e. The first-order valence-corrected chi connectivity index (χ1v) is 13.1. The molecule has 1 aliphatic heterocycles. The number of hydrogen-bond donors (Lipinski definition) is 1. The van der Waals surface area contributed by atoms with Gasteiger partial charge in [0.05, 0.1) is 12.2 Å². The van der Waals surface area contributed by atoms with E-state index in [1.165, 1.54) is 0 Å². The van der Waals surface area contributed by atoms with Gasteiger partial charge in [0.25, 0.3) is 0 Å². The van der Waals surface area contributed by atoms with Crippen LogP contribution in [0.25, 0.3) is 0 Å². The molecular weight excluding hydrogens is 507 g/mol. The minimum absolute atomic E-state index is 0.307. The second kappa shape index (κ2) is 11.4. The summed E-state index contributed by atoms with van der Waals surface area (Å²) in [6.45, 7) is 6.52. The fourth-order valence-corrected chi connectivity index (χ4v) is 4.73. The van der Waals surface area contributed by atoms with Crippen LogP contribution in [-0.4, -0.2) is 33.1 Å². The molecule has 0 bridgehead atoms. The van der Waals surface area contributed by atoms with Gasteiger partial charge in [0.2, 0.25) is 11.1 Å². The van der Waals surface area contributed by atoms with Gasteiger partial charge in [-0.2, -0.15) is 4.98 Å². The van der Waals surface area contributed by atoms with Crippen LogP contribution in [-0.2, 0) is 16.1 Å². The minimum atomic E-state index is -0.478. The highest BCUT2D eigenvalue weighted by Crippen LogP contribution is 2.37. The van der Waals surface area contributed by atoms with Crippen LogP contribution >= 0.6 is 35.0 Å². The third-order valence-corrected chi connectivity index (χ3v) is 6.68. The molecule has 0 saturated carbocycles. The molecule has 2 heterocycles. The zero-order valence-electron chi connectivity index (χ0n) is 19.7. The van der Waals surface area contributed by atoms with Crippen LogP contribution in [0.5, 0.6) is 5.75 Å². The summed E-state index contributed by atoms with van der Waals surface area (Å²) >= 11 is 13.8. The summed E-state index contributed by atoms with van der Waals surface area (Å²) in [5.74, 6) is 1.74. The highest BCUT2D eigenvalue weighted by Gasteiger charge is 2.35. The van der Waals surface area contributed by atoms with Crippen molar-refractivity contribution in [2.24, 2.45) is 0 Å². The van der Waals surface area contributed by atoms with E-state index in [9.17, 15) is 4.79 Å². The number of ether oxygens (including phenoxy) is 2. The Bertz CT molecular complexity index is 1240. The van der Waals surface area contributed by atoms with Gasteiger partial charge in [-0.25, -0.2) is 9.48 Å². The van der Waals surface area contributed by atoms with E-state index in [-0.39, 0.29) is 5.97 Å². The topological polar surface area (TPSA) is 78.3 Å². The van der Waals surface area contributed by atoms with Crippen molar-refractivity contribution < 1.29 is 14.3 Å². The maximum absolute atomic E-state index is 13.0. The third kappa shape index (κ3) is 5.77. The molecule has 1 N–H and O–H groups in total. The van der Waals surface area contributed by atoms with Crippen molar-refractivity contribution in [3.05, 3.63) is 74.9 Å². The van der Waals surface area contributed by atoms with Gasteiger partial charge >= 0.3 is 5.97 Å². The summed E-state index contributed by atoms with van der Waals surface area (Å²) in [7, 11) is 0. The van der Waals surface area contributed by atoms with Gasteiger partial charge in [0, 0.05) is 21.3 Å². The molecule has 2 aromatic carbocycles. The number of nitrogens with one attached hydrogen (secondary N) is 1. The molecule has 0 saturated heterocycles. The number of halogens is 2. The molecule has 7 nitrogen and oxygen atoms in total. The van der Waals surface area contributed by atoms with Crippen molar-refractivity contribution in [2.45, 2.75) is 45.0 Å². The lowest BCUT2D eigenvalue weighted by molar-refractivity contribution is -0.139. The Hall–Kier alpha value is -2.68. The van der Waals surface area contributed by atoms with E-state index in [0.717, 1.165) is 23.3 Å². The number of benzene rings is 2. The first-order chi connectivity index (χ1) is 16.9. The van der Waals surface area contributed by atoms with Crippen LogP contribution in [0.3, 0.4) is 0 Å². The van der Waals surface area contributed by atoms with E-state index in [1.807, 2.05) is 51.1 Å². The van der Waals surface area contributed by atoms with E-state index in [2.05, 4.69) is 15.4 Å². The van der Waals surface area contributed by atoms with Crippen molar-refractivity contribution in [3.8, 4) is 5.75 Å². The molecule has 35 heavy (non-hydrogen) atoms. The monoisotopic (exact) mass is 532 g/mol. The fraction of sp³-hybridized carbons (Fsp3) is 0.320. The Balaban J connectivity index is 1.62. The number of carbonyl (C=O) groups is 1. The zero-order valence-corrected chi connectivity index (χ0v) is 22.0. The van der Waals surface area contributed by atoms with Gasteiger partial charge in [-0.1, -0.05) is 67.0 Å². The SMILES string of the molecule is CCCOC(=O)C1=C(C)Nc2nc(SCC)nn2C1c1ccc(OCc2ccc(Cl)cc2Cl)cc1. The van der Waals surface area contributed by atoms with Crippen LogP contribution in [0.4, 0.5) is 5.95 Å². The predicted octanol–water partition coefficient (Wildman–Crippen LogP) is 6.52. The van der Waals surface area contributed by atoms with Gasteiger partial charge in [0.15, 0.2) is 0 Å². The summed E-state index contributed by atoms with van der Waals surface area (Å²) in [6, 6.07) is 12.4. The maximum Gasteiger partial charge on any atom is 0.338 e. The number of esters is 1. The molecule has 10 heteroatoms. The molecule has 184 valence electrons. The summed E-state index contributed by atoms with van der Waals surface area (Å²) in [4.78, 5) is 17.6. The number of hydrogen-bond acceptors (Lipinski definition) is 7. The van der Waals surface area contributed by atoms with E-state index in [0.29, 0.717) is 51.4 Å². The molecule has 1 atom stereocenters. The van der Waals surface area contributed by atoms with E-state index >= 15 is 0 Å². The number of fused-ring (bicyclic) bond motifs is 1. The van der Waals surface area contributed by atoms with Crippen molar-refractivity contribution in [2.75, 3.05) is 17.7 Å². The average molecular weight is 533 g/mol. The molecule has 0 spiro atoms. The molecule has 1 aromatic heterocycles. The normalized spacial score (nSPS) is 14.9. The second-order valence-corrected chi connectivity index (χ2v) is 9.97. The van der Waals surface area contributed by atoms with Crippen molar-refractivity contribution >= 4 is 46.9 Å². The van der Waals surface area contributed by atoms with Crippen LogP contribution in [0.1, 0.15) is 44.4 Å². The first-order valence-electron chi connectivity index (χ1n) is 11.3. The highest BCUT2D eigenvalue weighted by molar-refractivity contribution is 7.99. The maximum atomic E-state index is 13.0. The lowest BCUT2D eigenvalue weighted by Crippen LogP contribution is -2.29. The summed E-state index contributed by atoms with van der Waals surface area (Å²) in [5.41, 5.74) is 2.91. The number of carbonyl (C=O) groups excluding carboxylic acids is 1. The van der Waals surface area contributed by atoms with E-state index in [1.54, 1.807) is 28.6 Å². The minimum Gasteiger partial charge on any atom is -0.489 e. The number of rotatable bonds is 9. The average Bonchev–Trinajstić information content (AvgIpc) is 3.23. The van der Waals surface area contributed by atoms with Crippen LogP contribution in [0, 0.1) is 0 Å². The molecule has 1 unspecified atom stereocenters. The second-order valence-electron chi connectivity index (χ2n) is 7.89. The lowest BCUT2D eigenvalue weighted by atomic mass is 9.96. The Labute approximate surface area is 218 Å². The van der Waals surface area contributed by atoms with Crippen molar-refractivity contribution in [3.63, 3.8) is 0 Å². The first kappa shape index (κ1) is 25.4. The van der Waals surface area contributed by atoms with E-state index < -0.39 is 6.04 Å². The van der Waals surface area contributed by atoms with Gasteiger partial charge in [-0.05, 0) is 48.9 Å². The number of aromatic nitrogens is 3. The largest absolute Gasteiger partial charge is 0.489 e. The summed E-state index contributed by atoms with van der Waals surface area (Å²) in [6.07, 6.45) is 0.742. The predicted molar refractivity (Wildman–Crippen MR) is 139 cm³/mol. The van der Waals surface area contributed by atoms with Crippen LogP contribution < -0.4 is 10.1 Å². The zero-order chi connectivity index (χ0) is 24.9. The molecule has 4 rings (SSSR count). The van der Waals surface area contributed by atoms with Crippen LogP contribution in [0.2, 0.25) is 10.0 Å². The van der Waals surface area contributed by atoms with Gasteiger partial charge in [-0.3, -0.25) is 0 Å². The number of anilines is 1. The van der Waals surface area contributed by atoms with Gasteiger partial charge in [0.1, 0.15) is 18.4 Å². The number of nitrogens with zero attached hydrogens (tertiary/aromatic N) is 3. The number of allylic oxidation sites excluding steroid dienone is 1. The lowest BCUT2D eigenvalue weighted by Gasteiger charge is -2.28. The molecule has 0 aliphatic carbocycles. The van der Waals surface area contributed by atoms with Gasteiger partial charge < -0.3 is 14.8 Å². The summed E-state index contributed by atoms with van der Waals surface area (Å²) < 4.78 is 13.2. The molecule has 0 fully saturated rings. The Kier molecular flexibility index (Phi) is 8.26. The quantitative estimate of drug-likeness (QED) is 0.248. The van der Waals surface area contributed by atoms with Crippen molar-refractivity contribution in [1.82, 2.24) is 14.8 Å². The Morgan fingerprint density at radius 1 is 1.17 bits per heavy atom. The summed E-state index contributed by atoms with van der Waals surface area (Å²) in [5, 5.41) is 9.66. The molecule has 1 aliphatic rings. The molecule has 0 radical (unpaired) electrons. The van der Waals surface area contributed by atoms with E-state index in [4.69, 9.17) is 32.7 Å². The van der Waals surface area contributed by atoms with Crippen molar-refractivity contribution in [1.29, 1.82) is 0 Å². The Morgan fingerprint density at radius 2 is 1.94 bits per heavy atom. The van der Waals surface area contributed by atoms with Gasteiger partial charge in [-0.15, -0.1) is 5.10 Å². The highest BCUT2D eigenvalue weighted by atomic mass is 35.5. The fourth-order valence-electron chi connectivity index (χ4n) is 3.71. The molecular formula is C25H26Cl2N4O3S. The molecule has 3 aromatic rings. The number of thioether (sulfide) groups is 1. The third-order valence-electron chi connectivity index (χ3n) is 5.37. The van der Waals surface area contributed by atoms with Crippen LogP contribution in [0.15, 0.2) is 58.9 Å².